The van der Waals surface area contributed by atoms with E-state index in [1.165, 1.54) is 0 Å². The van der Waals surface area contributed by atoms with Crippen LogP contribution in [0.3, 0.4) is 0 Å². The van der Waals surface area contributed by atoms with Gasteiger partial charge in [0.1, 0.15) is 6.10 Å². The lowest BCUT2D eigenvalue weighted by molar-refractivity contribution is -0.144. The van der Waals surface area contributed by atoms with E-state index in [1.54, 1.807) is 0 Å². The first kappa shape index (κ1) is 17.5. The summed E-state index contributed by atoms with van der Waals surface area (Å²) >= 11 is 0. The number of hydrogen-bond acceptors (Lipinski definition) is 4. The van der Waals surface area contributed by atoms with E-state index >= 15 is 0 Å². The van der Waals surface area contributed by atoms with Crippen molar-refractivity contribution in [3.8, 4) is 0 Å². The lowest BCUT2D eigenvalue weighted by atomic mass is 9.84. The quantitative estimate of drug-likeness (QED) is 0.831. The third-order valence-electron chi connectivity index (χ3n) is 6.15. The SMILES string of the molecule is Cc1cccc(CN2C(=O)CCC23CCN(C(=O)[C@@H]2CCCO2)CC3)n1. The first-order chi connectivity index (χ1) is 12.6. The van der Waals surface area contributed by atoms with Gasteiger partial charge >= 0.3 is 0 Å². The molecule has 6 heteroatoms. The van der Waals surface area contributed by atoms with Gasteiger partial charge in [0.15, 0.2) is 0 Å². The number of ether oxygens (including phenoxy) is 1. The molecule has 3 saturated heterocycles. The zero-order chi connectivity index (χ0) is 18.1. The van der Waals surface area contributed by atoms with Crippen molar-refractivity contribution in [2.24, 2.45) is 0 Å². The summed E-state index contributed by atoms with van der Waals surface area (Å²) in [6, 6.07) is 5.95. The molecule has 0 radical (unpaired) electrons. The highest BCUT2D eigenvalue weighted by molar-refractivity contribution is 5.82. The zero-order valence-corrected chi connectivity index (χ0v) is 15.4. The van der Waals surface area contributed by atoms with Crippen LogP contribution >= 0.6 is 0 Å². The van der Waals surface area contributed by atoms with Crippen LogP contribution in [0.4, 0.5) is 0 Å². The van der Waals surface area contributed by atoms with Gasteiger partial charge in [-0.25, -0.2) is 0 Å². The van der Waals surface area contributed by atoms with Crippen LogP contribution in [-0.2, 0) is 20.9 Å². The fourth-order valence-corrected chi connectivity index (χ4v) is 4.62. The topological polar surface area (TPSA) is 62.7 Å². The molecule has 0 bridgehead atoms. The van der Waals surface area contributed by atoms with Gasteiger partial charge in [-0.1, -0.05) is 6.07 Å². The van der Waals surface area contributed by atoms with Crippen LogP contribution in [-0.4, -0.2) is 57.9 Å². The van der Waals surface area contributed by atoms with E-state index in [2.05, 4.69) is 4.98 Å². The summed E-state index contributed by atoms with van der Waals surface area (Å²) in [5.41, 5.74) is 1.80. The van der Waals surface area contributed by atoms with Gasteiger partial charge in [0, 0.05) is 37.4 Å². The monoisotopic (exact) mass is 357 g/mol. The molecule has 3 fully saturated rings. The number of aryl methyl sites for hydroxylation is 1. The molecule has 26 heavy (non-hydrogen) atoms. The lowest BCUT2D eigenvalue weighted by Crippen LogP contribution is -2.55. The number of carbonyl (C=O) groups is 2. The largest absolute Gasteiger partial charge is 0.368 e. The summed E-state index contributed by atoms with van der Waals surface area (Å²) in [5.74, 6) is 0.348. The summed E-state index contributed by atoms with van der Waals surface area (Å²) in [7, 11) is 0. The Balaban J connectivity index is 1.44. The smallest absolute Gasteiger partial charge is 0.251 e. The maximum Gasteiger partial charge on any atom is 0.251 e. The number of rotatable bonds is 3. The maximum absolute atomic E-state index is 12.6. The van der Waals surface area contributed by atoms with Crippen LogP contribution in [0.1, 0.15) is 49.9 Å². The molecule has 1 aromatic heterocycles. The molecule has 3 aliphatic rings. The molecule has 0 saturated carbocycles. The van der Waals surface area contributed by atoms with Crippen molar-refractivity contribution in [2.75, 3.05) is 19.7 Å². The predicted molar refractivity (Wildman–Crippen MR) is 96.3 cm³/mol. The molecule has 0 aliphatic carbocycles. The fraction of sp³-hybridized carbons (Fsp3) is 0.650. The van der Waals surface area contributed by atoms with E-state index in [9.17, 15) is 9.59 Å². The molecule has 1 spiro atoms. The van der Waals surface area contributed by atoms with Crippen LogP contribution in [0.2, 0.25) is 0 Å². The van der Waals surface area contributed by atoms with Crippen molar-refractivity contribution in [3.05, 3.63) is 29.6 Å². The minimum atomic E-state index is -0.248. The Bertz CT molecular complexity index is 691. The molecular formula is C20H27N3O3. The Labute approximate surface area is 154 Å². The number of aromatic nitrogens is 1. The summed E-state index contributed by atoms with van der Waals surface area (Å²) in [6.07, 6.45) is 4.75. The van der Waals surface area contributed by atoms with Crippen molar-refractivity contribution < 1.29 is 14.3 Å². The molecule has 0 aromatic carbocycles. The number of nitrogens with zero attached hydrogens (tertiary/aromatic N) is 3. The van der Waals surface area contributed by atoms with Crippen molar-refractivity contribution in [3.63, 3.8) is 0 Å². The number of hydrogen-bond donors (Lipinski definition) is 0. The van der Waals surface area contributed by atoms with Gasteiger partial charge in [0.25, 0.3) is 5.91 Å². The summed E-state index contributed by atoms with van der Waals surface area (Å²) in [6.45, 7) is 4.66. The summed E-state index contributed by atoms with van der Waals surface area (Å²) < 4.78 is 5.55. The summed E-state index contributed by atoms with van der Waals surface area (Å²) in [4.78, 5) is 33.7. The number of carbonyl (C=O) groups excluding carboxylic acids is 2. The molecule has 1 atom stereocenters. The van der Waals surface area contributed by atoms with Gasteiger partial charge in [0.05, 0.1) is 12.2 Å². The third kappa shape index (κ3) is 3.22. The second-order valence-corrected chi connectivity index (χ2v) is 7.80. The highest BCUT2D eigenvalue weighted by Crippen LogP contribution is 2.40. The molecule has 2 amide bonds. The van der Waals surface area contributed by atoms with Gasteiger partial charge in [-0.05, 0) is 51.2 Å². The van der Waals surface area contributed by atoms with E-state index in [-0.39, 0.29) is 23.5 Å². The minimum absolute atomic E-state index is 0.115. The molecule has 4 rings (SSSR count). The number of piperidine rings is 1. The molecule has 3 aliphatic heterocycles. The van der Waals surface area contributed by atoms with Gasteiger partial charge < -0.3 is 14.5 Å². The van der Waals surface area contributed by atoms with Gasteiger partial charge in [0.2, 0.25) is 5.91 Å². The number of pyridine rings is 1. The van der Waals surface area contributed by atoms with Crippen molar-refractivity contribution in [2.45, 2.75) is 63.6 Å². The first-order valence-corrected chi connectivity index (χ1v) is 9.71. The summed E-state index contributed by atoms with van der Waals surface area (Å²) in [5, 5.41) is 0. The minimum Gasteiger partial charge on any atom is -0.368 e. The normalized spacial score (nSPS) is 25.3. The van der Waals surface area contributed by atoms with Crippen LogP contribution in [0.15, 0.2) is 18.2 Å². The van der Waals surface area contributed by atoms with Crippen LogP contribution < -0.4 is 0 Å². The van der Waals surface area contributed by atoms with E-state index < -0.39 is 0 Å². The van der Waals surface area contributed by atoms with Gasteiger partial charge in [-0.15, -0.1) is 0 Å². The Morgan fingerprint density at radius 3 is 2.81 bits per heavy atom. The first-order valence-electron chi connectivity index (χ1n) is 9.71. The molecule has 0 N–H and O–H groups in total. The second kappa shape index (κ2) is 6.99. The average molecular weight is 357 g/mol. The molecular weight excluding hydrogens is 330 g/mol. The standard InChI is InChI=1S/C20H27N3O3/c1-15-4-2-5-16(21-15)14-23-18(24)7-8-20(23)9-11-22(12-10-20)19(25)17-6-3-13-26-17/h2,4-5,17H,3,6-14H2,1H3/t17-/m0/s1. The average Bonchev–Trinajstić information content (AvgIpc) is 3.27. The molecule has 4 heterocycles. The van der Waals surface area contributed by atoms with Crippen LogP contribution in [0.5, 0.6) is 0 Å². The molecule has 6 nitrogen and oxygen atoms in total. The van der Waals surface area contributed by atoms with E-state index in [0.29, 0.717) is 32.7 Å². The van der Waals surface area contributed by atoms with E-state index in [4.69, 9.17) is 4.74 Å². The van der Waals surface area contributed by atoms with E-state index in [0.717, 1.165) is 43.5 Å². The molecule has 0 unspecified atom stereocenters. The highest BCUT2D eigenvalue weighted by Gasteiger charge is 2.47. The van der Waals surface area contributed by atoms with Crippen molar-refractivity contribution in [1.29, 1.82) is 0 Å². The Morgan fingerprint density at radius 2 is 2.12 bits per heavy atom. The Kier molecular flexibility index (Phi) is 4.69. The fourth-order valence-electron chi connectivity index (χ4n) is 4.62. The Hall–Kier alpha value is -1.95. The second-order valence-electron chi connectivity index (χ2n) is 7.80. The third-order valence-corrected chi connectivity index (χ3v) is 6.15. The maximum atomic E-state index is 12.6. The van der Waals surface area contributed by atoms with Crippen molar-refractivity contribution >= 4 is 11.8 Å². The lowest BCUT2D eigenvalue weighted by Gasteiger charge is -2.45. The van der Waals surface area contributed by atoms with E-state index in [1.807, 2.05) is 34.9 Å². The zero-order valence-electron chi connectivity index (χ0n) is 15.4. The Morgan fingerprint density at radius 1 is 1.31 bits per heavy atom. The van der Waals surface area contributed by atoms with Crippen LogP contribution in [0.25, 0.3) is 0 Å². The molecule has 1 aromatic rings. The van der Waals surface area contributed by atoms with Gasteiger partial charge in [-0.2, -0.15) is 0 Å². The van der Waals surface area contributed by atoms with Gasteiger partial charge in [-0.3, -0.25) is 14.6 Å². The number of amides is 2. The predicted octanol–water partition coefficient (Wildman–Crippen LogP) is 2.05. The highest BCUT2D eigenvalue weighted by atomic mass is 16.5. The van der Waals surface area contributed by atoms with Crippen molar-refractivity contribution in [1.82, 2.24) is 14.8 Å². The van der Waals surface area contributed by atoms with Crippen LogP contribution in [0, 0.1) is 6.92 Å². The number of likely N-dealkylation sites (tertiary alicyclic amines) is 2. The molecule has 140 valence electrons.